The Labute approximate surface area is 371 Å². The van der Waals surface area contributed by atoms with Crippen LogP contribution in [-0.2, 0) is 0 Å². The number of rotatable bonds is 12. The Morgan fingerprint density at radius 3 is 1.29 bits per heavy atom. The minimum atomic E-state index is 0.377. The monoisotopic (exact) mass is 824 g/mol. The number of fused-ring (bicyclic) bond motifs is 8. The number of nitrogens with one attached hydrogen (secondary N) is 1. The number of hydrogen-bond acceptors (Lipinski definition) is 6. The molecular formula is C56H54N7-. The summed E-state index contributed by atoms with van der Waals surface area (Å²) in [6.07, 6.45) is 0. The lowest BCUT2D eigenvalue weighted by atomic mass is 9.92. The van der Waals surface area contributed by atoms with Crippen LogP contribution in [0.5, 0.6) is 0 Å². The predicted molar refractivity (Wildman–Crippen MR) is 268 cm³/mol. The average molecular weight is 825 g/mol. The van der Waals surface area contributed by atoms with Crippen molar-refractivity contribution in [2.45, 2.75) is 41.5 Å². The zero-order chi connectivity index (χ0) is 43.2. The van der Waals surface area contributed by atoms with Crippen LogP contribution in [0.15, 0.2) is 158 Å². The maximum Gasteiger partial charge on any atom is 0.0999 e. The summed E-state index contributed by atoms with van der Waals surface area (Å²) in [6, 6.07) is 56.6. The van der Waals surface area contributed by atoms with E-state index in [4.69, 9.17) is 15.4 Å². The van der Waals surface area contributed by atoms with Gasteiger partial charge in [0, 0.05) is 64.4 Å². The molecule has 0 saturated heterocycles. The van der Waals surface area contributed by atoms with E-state index >= 15 is 0 Å². The third kappa shape index (κ3) is 7.57. The zero-order valence-corrected chi connectivity index (χ0v) is 37.0. The fourth-order valence-corrected chi connectivity index (χ4v) is 9.23. The molecule has 1 aliphatic rings. The summed E-state index contributed by atoms with van der Waals surface area (Å²) in [5, 5.41) is 6.52. The number of nitrogens with zero attached hydrogens (tertiary/aromatic N) is 6. The number of aromatic nitrogens is 2. The van der Waals surface area contributed by atoms with Gasteiger partial charge in [0.05, 0.1) is 22.1 Å². The molecular weight excluding hydrogens is 771 g/mol. The van der Waals surface area contributed by atoms with Crippen LogP contribution in [0, 0.1) is 17.8 Å². The number of hydrogen-bond donors (Lipinski definition) is 1. The van der Waals surface area contributed by atoms with Gasteiger partial charge in [0.25, 0.3) is 0 Å². The van der Waals surface area contributed by atoms with Crippen LogP contribution in [0.4, 0.5) is 34.1 Å². The molecule has 1 aromatic heterocycles. The van der Waals surface area contributed by atoms with E-state index in [-0.39, 0.29) is 0 Å². The first-order valence-corrected chi connectivity index (χ1v) is 22.4. The van der Waals surface area contributed by atoms with E-state index in [0.29, 0.717) is 17.8 Å². The van der Waals surface area contributed by atoms with Crippen LogP contribution < -0.4 is 15.2 Å². The quantitative estimate of drug-likeness (QED) is 0.0978. The second-order valence-electron chi connectivity index (χ2n) is 18.1. The molecule has 0 fully saturated rings. The maximum absolute atomic E-state index is 5.76. The highest BCUT2D eigenvalue weighted by Gasteiger charge is 2.26. The molecule has 1 N–H and O–H groups in total. The van der Waals surface area contributed by atoms with Crippen molar-refractivity contribution in [2.24, 2.45) is 17.8 Å². The molecule has 63 heavy (non-hydrogen) atoms. The Morgan fingerprint density at radius 2 is 0.841 bits per heavy atom. The minimum absolute atomic E-state index is 0.377. The molecule has 0 spiro atoms. The van der Waals surface area contributed by atoms with Crippen molar-refractivity contribution in [2.75, 3.05) is 34.9 Å². The minimum Gasteiger partial charge on any atom is -0.599 e. The molecule has 0 amide bonds. The van der Waals surface area contributed by atoms with Crippen LogP contribution in [0.3, 0.4) is 0 Å². The van der Waals surface area contributed by atoms with Gasteiger partial charge in [0.15, 0.2) is 0 Å². The number of hydrazine groups is 1. The summed E-state index contributed by atoms with van der Waals surface area (Å²) < 4.78 is 0. The first-order valence-electron chi connectivity index (χ1n) is 22.4. The van der Waals surface area contributed by atoms with Gasteiger partial charge in [-0.15, -0.1) is 0 Å². The van der Waals surface area contributed by atoms with E-state index in [1.807, 2.05) is 5.12 Å². The highest BCUT2D eigenvalue weighted by molar-refractivity contribution is 6.25. The number of anilines is 5. The standard InChI is InChI=1S/C56H54N7/c1-36(2)33-61(41-17-9-7-10-18-41)43-29-25-39(26-30-43)49-53-54(58-52-48-24-16-14-22-46(48)45-21-13-15-23-47(45)51(52)57-53)50(56-55(49)59-63(60-56)35-38(5)6)40-27-31-44(32-28-40)62(34-37(3)4)42-19-11-8-12-20-42/h7-32,36-38,59H,33-35H2,1-6H3/q-1. The van der Waals surface area contributed by atoms with Crippen molar-refractivity contribution in [3.63, 3.8) is 0 Å². The summed E-state index contributed by atoms with van der Waals surface area (Å²) in [4.78, 5) is 16.3. The Kier molecular flexibility index (Phi) is 10.7. The third-order valence-electron chi connectivity index (χ3n) is 11.9. The second kappa shape index (κ2) is 16.7. The van der Waals surface area contributed by atoms with E-state index in [2.05, 4.69) is 214 Å². The molecule has 2 heterocycles. The largest absolute Gasteiger partial charge is 0.599 e. The molecule has 7 nitrogen and oxygen atoms in total. The van der Waals surface area contributed by atoms with Gasteiger partial charge in [0.1, 0.15) is 0 Å². The van der Waals surface area contributed by atoms with E-state index in [9.17, 15) is 0 Å². The maximum atomic E-state index is 5.76. The highest BCUT2D eigenvalue weighted by atomic mass is 15.8. The average Bonchev–Trinajstić information content (AvgIpc) is 3.71. The number of benzene rings is 8. The van der Waals surface area contributed by atoms with Crippen molar-refractivity contribution in [1.29, 1.82) is 0 Å². The van der Waals surface area contributed by atoms with Crippen molar-refractivity contribution in [3.05, 3.63) is 163 Å². The van der Waals surface area contributed by atoms with Crippen LogP contribution in [0.25, 0.3) is 71.3 Å². The van der Waals surface area contributed by atoms with Gasteiger partial charge < -0.3 is 20.7 Å². The molecule has 0 bridgehead atoms. The Bertz CT molecular complexity index is 2870. The van der Waals surface area contributed by atoms with Gasteiger partial charge in [-0.2, -0.15) is 0 Å². The topological polar surface area (TPSA) is 61.6 Å². The van der Waals surface area contributed by atoms with E-state index in [1.165, 1.54) is 22.1 Å². The predicted octanol–water partition coefficient (Wildman–Crippen LogP) is 15.2. The van der Waals surface area contributed by atoms with Crippen LogP contribution >= 0.6 is 0 Å². The van der Waals surface area contributed by atoms with Crippen LogP contribution in [0.2, 0.25) is 0 Å². The molecule has 9 aromatic rings. The summed E-state index contributed by atoms with van der Waals surface area (Å²) >= 11 is 0. The Balaban J connectivity index is 1.24. The molecule has 0 radical (unpaired) electrons. The van der Waals surface area contributed by atoms with Crippen molar-refractivity contribution < 1.29 is 0 Å². The smallest absolute Gasteiger partial charge is 0.0999 e. The second-order valence-corrected chi connectivity index (χ2v) is 18.1. The van der Waals surface area contributed by atoms with Crippen molar-refractivity contribution in [3.8, 4) is 22.3 Å². The normalized spacial score (nSPS) is 12.8. The SMILES string of the molecule is CC(C)CN1[N-]c2c(c(-c3ccc(N(CC(C)C)c4ccccc4)cc3)c3nc4c5ccccc5c5ccccc5c4nc3c2-c2ccc(N(CC(C)C)c3ccccc3)cc2)N1. The Hall–Kier alpha value is -6.96. The third-order valence-corrected chi connectivity index (χ3v) is 11.9. The molecule has 0 aliphatic carbocycles. The van der Waals surface area contributed by atoms with Gasteiger partial charge >= 0.3 is 0 Å². The lowest BCUT2D eigenvalue weighted by Crippen LogP contribution is -2.25. The summed E-state index contributed by atoms with van der Waals surface area (Å²) in [7, 11) is 0. The van der Waals surface area contributed by atoms with Crippen LogP contribution in [0.1, 0.15) is 41.5 Å². The van der Waals surface area contributed by atoms with Crippen LogP contribution in [-0.4, -0.2) is 34.7 Å². The van der Waals surface area contributed by atoms with E-state index < -0.39 is 0 Å². The zero-order valence-electron chi connectivity index (χ0n) is 37.0. The molecule has 0 atom stereocenters. The van der Waals surface area contributed by atoms with E-state index in [1.54, 1.807) is 0 Å². The van der Waals surface area contributed by atoms with Crippen molar-refractivity contribution in [1.82, 2.24) is 15.1 Å². The molecule has 7 heteroatoms. The molecule has 1 aliphatic heterocycles. The highest BCUT2D eigenvalue weighted by Crippen LogP contribution is 2.55. The van der Waals surface area contributed by atoms with Crippen molar-refractivity contribution >= 4 is 77.7 Å². The van der Waals surface area contributed by atoms with Gasteiger partial charge in [-0.05, 0) is 93.7 Å². The van der Waals surface area contributed by atoms with Gasteiger partial charge in [0.2, 0.25) is 0 Å². The molecule has 314 valence electrons. The first-order chi connectivity index (χ1) is 30.7. The lowest BCUT2D eigenvalue weighted by molar-refractivity contribution is 0.380. The lowest BCUT2D eigenvalue weighted by Gasteiger charge is -2.32. The molecule has 0 saturated carbocycles. The van der Waals surface area contributed by atoms with E-state index in [0.717, 1.165) is 97.5 Å². The molecule has 0 unspecified atom stereocenters. The fraction of sp³-hybridized carbons (Fsp3) is 0.214. The van der Waals surface area contributed by atoms with Gasteiger partial charge in [-0.25, -0.2) is 9.97 Å². The summed E-state index contributed by atoms with van der Waals surface area (Å²) in [5.41, 5.74) is 23.2. The van der Waals surface area contributed by atoms with Gasteiger partial charge in [-0.1, -0.05) is 156 Å². The molecule has 8 aromatic carbocycles. The summed E-state index contributed by atoms with van der Waals surface area (Å²) in [6.45, 7) is 16.1. The number of para-hydroxylation sites is 2. The Morgan fingerprint density at radius 1 is 0.444 bits per heavy atom. The molecule has 10 rings (SSSR count). The fourth-order valence-electron chi connectivity index (χ4n) is 9.23. The first kappa shape index (κ1) is 40.1. The van der Waals surface area contributed by atoms with Gasteiger partial charge in [-0.3, -0.25) is 5.12 Å². The summed E-state index contributed by atoms with van der Waals surface area (Å²) in [5.74, 6) is 1.32.